The van der Waals surface area contributed by atoms with Crippen LogP contribution in [0.2, 0.25) is 0 Å². The van der Waals surface area contributed by atoms with E-state index >= 15 is 0 Å². The molecule has 0 saturated heterocycles. The van der Waals surface area contributed by atoms with Crippen LogP contribution in [0.4, 0.5) is 0 Å². The first-order valence-corrected chi connectivity index (χ1v) is 12.2. The third-order valence-electron chi connectivity index (χ3n) is 5.63. The fourth-order valence-electron chi connectivity index (χ4n) is 3.85. The normalized spacial score (nSPS) is 22.8. The molecule has 6 fully saturated rings. The van der Waals surface area contributed by atoms with Crippen LogP contribution in [0, 0.1) is 191 Å². The summed E-state index contributed by atoms with van der Waals surface area (Å²) in [6.07, 6.45) is 55.6. The van der Waals surface area contributed by atoms with E-state index in [-0.39, 0.29) is 51.2 Å². The van der Waals surface area contributed by atoms with Crippen LogP contribution in [0.1, 0.15) is 16.7 Å². The van der Waals surface area contributed by atoms with E-state index in [0.29, 0.717) is 0 Å². The van der Waals surface area contributed by atoms with Crippen LogP contribution in [0.25, 0.3) is 0 Å². The summed E-state index contributed by atoms with van der Waals surface area (Å²) < 4.78 is 0. The molecule has 3 heteroatoms. The largest absolute Gasteiger partial charge is 2.00 e. The maximum atomic E-state index is 2.30. The molecular formula is C36H30Fe3+6. The Hall–Kier alpha value is 0.778. The smallest absolute Gasteiger partial charge is 0.0581 e. The number of hydrogen-bond acceptors (Lipinski definition) is 0. The SMILES string of the molecule is [CH]1[CH][CH][CH][CH]1.[CH]1[CH][CH][CH][CH]1.[CH]1[CH][CH][CH][CH]1.[CH]1[CH][CH][C](c2ccc([C]3[CH][CH][CH][CH]3)c([C]3[CH][CH][CH][CH]3)c2)[CH]1.[Fe+2].[Fe+2].[Fe+2]. The second kappa shape index (κ2) is 23.3. The van der Waals surface area contributed by atoms with E-state index in [2.05, 4.69) is 95.2 Å². The molecule has 0 heterocycles. The molecule has 1 aromatic carbocycles. The summed E-state index contributed by atoms with van der Waals surface area (Å²) in [7, 11) is 0. The van der Waals surface area contributed by atoms with Crippen LogP contribution < -0.4 is 0 Å². The first kappa shape index (κ1) is 37.8. The fraction of sp³-hybridized carbons (Fsp3) is 0. The van der Waals surface area contributed by atoms with Crippen LogP contribution in [0.5, 0.6) is 0 Å². The molecule has 0 aliphatic heterocycles. The van der Waals surface area contributed by atoms with Gasteiger partial charge in [-0.3, -0.25) is 0 Å². The Morgan fingerprint density at radius 2 is 0.538 bits per heavy atom. The molecule has 0 spiro atoms. The third-order valence-corrected chi connectivity index (χ3v) is 5.63. The van der Waals surface area contributed by atoms with E-state index in [0.717, 1.165) is 0 Å². The predicted octanol–water partition coefficient (Wildman–Crippen LogP) is 7.00. The maximum Gasteiger partial charge on any atom is 2.00 e. The summed E-state index contributed by atoms with van der Waals surface area (Å²) in [4.78, 5) is 0. The Balaban J connectivity index is 0.000000346. The first-order valence-electron chi connectivity index (χ1n) is 12.2. The van der Waals surface area contributed by atoms with Gasteiger partial charge in [-0.1, -0.05) is 18.2 Å². The summed E-state index contributed by atoms with van der Waals surface area (Å²) >= 11 is 0. The minimum atomic E-state index is 0. The molecule has 192 valence electrons. The molecule has 7 rings (SSSR count). The molecule has 6 aliphatic carbocycles. The van der Waals surface area contributed by atoms with E-state index in [1.165, 1.54) is 34.4 Å². The predicted molar refractivity (Wildman–Crippen MR) is 150 cm³/mol. The van der Waals surface area contributed by atoms with Crippen LogP contribution >= 0.6 is 0 Å². The molecule has 6 aliphatic rings. The molecule has 1 aromatic rings. The van der Waals surface area contributed by atoms with Crippen LogP contribution in [0.3, 0.4) is 0 Å². The number of benzene rings is 1. The van der Waals surface area contributed by atoms with Crippen molar-refractivity contribution < 1.29 is 51.2 Å². The molecular weight excluding hydrogens is 600 g/mol. The molecule has 30 radical (unpaired) electrons. The summed E-state index contributed by atoms with van der Waals surface area (Å²) in [5.41, 5.74) is 3.86. The minimum Gasteiger partial charge on any atom is -0.0581 e. The Morgan fingerprint density at radius 3 is 0.872 bits per heavy atom. The summed E-state index contributed by atoms with van der Waals surface area (Å²) in [6, 6.07) is 6.75. The average molecular weight is 630 g/mol. The zero-order chi connectivity index (χ0) is 24.7. The van der Waals surface area contributed by atoms with Gasteiger partial charge in [0.2, 0.25) is 0 Å². The quantitative estimate of drug-likeness (QED) is 0.316. The monoisotopic (exact) mass is 630 g/mol. The van der Waals surface area contributed by atoms with Crippen molar-refractivity contribution in [2.75, 3.05) is 0 Å². The van der Waals surface area contributed by atoms with Crippen molar-refractivity contribution in [1.82, 2.24) is 0 Å². The molecule has 0 nitrogen and oxygen atoms in total. The molecule has 0 aromatic heterocycles. The van der Waals surface area contributed by atoms with Crippen LogP contribution in [-0.4, -0.2) is 0 Å². The summed E-state index contributed by atoms with van der Waals surface area (Å²) in [5, 5.41) is 0. The van der Waals surface area contributed by atoms with E-state index in [9.17, 15) is 0 Å². The van der Waals surface area contributed by atoms with Crippen molar-refractivity contribution >= 4 is 0 Å². The second-order valence-corrected chi connectivity index (χ2v) is 8.17. The van der Waals surface area contributed by atoms with Crippen molar-refractivity contribution in [2.24, 2.45) is 0 Å². The molecule has 0 N–H and O–H groups in total. The Morgan fingerprint density at radius 1 is 0.256 bits per heavy atom. The maximum absolute atomic E-state index is 2.30. The number of hydrogen-bond donors (Lipinski definition) is 0. The fourth-order valence-corrected chi connectivity index (χ4v) is 3.85. The van der Waals surface area contributed by atoms with Gasteiger partial charge >= 0.3 is 51.2 Å². The Kier molecular flexibility index (Phi) is 22.5. The molecule has 39 heavy (non-hydrogen) atoms. The number of rotatable bonds is 3. The van der Waals surface area contributed by atoms with Gasteiger partial charge in [-0.25, -0.2) is 0 Å². The van der Waals surface area contributed by atoms with Crippen molar-refractivity contribution in [3.63, 3.8) is 0 Å². The van der Waals surface area contributed by atoms with E-state index < -0.39 is 0 Å². The zero-order valence-electron chi connectivity index (χ0n) is 21.4. The second-order valence-electron chi connectivity index (χ2n) is 8.17. The first-order chi connectivity index (χ1) is 17.9. The van der Waals surface area contributed by atoms with Gasteiger partial charge in [-0.15, -0.1) is 0 Å². The molecule has 0 atom stereocenters. The van der Waals surface area contributed by atoms with Gasteiger partial charge in [0.1, 0.15) is 0 Å². The summed E-state index contributed by atoms with van der Waals surface area (Å²) in [6.45, 7) is 0. The van der Waals surface area contributed by atoms with Gasteiger partial charge < -0.3 is 0 Å². The molecule has 0 amide bonds. The molecule has 0 unspecified atom stereocenters. The van der Waals surface area contributed by atoms with E-state index in [1.54, 1.807) is 0 Å². The van der Waals surface area contributed by atoms with Crippen LogP contribution in [0.15, 0.2) is 18.2 Å². The standard InChI is InChI=1S/C21H15.3C5H5.3Fe/c1-2-8-16(7-1)19-13-14-20(17-9-3-4-10-17)21(15-19)18-11-5-6-12-18;3*1-2-4-5-3-1;;;/h1-15H;3*1-5H;;;/q;;;;3*+2. The Labute approximate surface area is 275 Å². The van der Waals surface area contributed by atoms with Gasteiger partial charge in [0.05, 0.1) is 0 Å². The van der Waals surface area contributed by atoms with Gasteiger partial charge in [0.15, 0.2) is 0 Å². The zero-order valence-corrected chi connectivity index (χ0v) is 24.7. The van der Waals surface area contributed by atoms with Gasteiger partial charge in [-0.2, -0.15) is 0 Å². The third kappa shape index (κ3) is 13.7. The van der Waals surface area contributed by atoms with Crippen molar-refractivity contribution in [1.29, 1.82) is 0 Å². The van der Waals surface area contributed by atoms with Crippen LogP contribution in [-0.2, 0) is 51.2 Å². The minimum absolute atomic E-state index is 0. The Bertz CT molecular complexity index is 641. The molecule has 6 saturated carbocycles. The van der Waals surface area contributed by atoms with Crippen molar-refractivity contribution in [3.8, 4) is 0 Å². The van der Waals surface area contributed by atoms with Gasteiger partial charge in [-0.05, 0) is 190 Å². The van der Waals surface area contributed by atoms with Gasteiger partial charge in [0, 0.05) is 17.8 Å². The van der Waals surface area contributed by atoms with Crippen molar-refractivity contribution in [3.05, 3.63) is 226 Å². The van der Waals surface area contributed by atoms with Crippen molar-refractivity contribution in [2.45, 2.75) is 0 Å². The van der Waals surface area contributed by atoms with E-state index in [1.807, 2.05) is 96.3 Å². The van der Waals surface area contributed by atoms with E-state index in [4.69, 9.17) is 0 Å². The average Bonchev–Trinajstić information content (AvgIpc) is 3.81. The topological polar surface area (TPSA) is 0 Å². The molecule has 0 bridgehead atoms. The van der Waals surface area contributed by atoms with Gasteiger partial charge in [0.25, 0.3) is 0 Å². The summed E-state index contributed by atoms with van der Waals surface area (Å²) in [5.74, 6) is 3.83.